The van der Waals surface area contributed by atoms with Crippen LogP contribution in [0.4, 0.5) is 0 Å². The van der Waals surface area contributed by atoms with Gasteiger partial charge in [0.25, 0.3) is 0 Å². The van der Waals surface area contributed by atoms with Crippen molar-refractivity contribution in [1.82, 2.24) is 0 Å². The lowest BCUT2D eigenvalue weighted by Crippen LogP contribution is -2.29. The van der Waals surface area contributed by atoms with E-state index < -0.39 is 0 Å². The third-order valence-electron chi connectivity index (χ3n) is 4.12. The third-order valence-corrected chi connectivity index (χ3v) is 4.12. The van der Waals surface area contributed by atoms with Crippen molar-refractivity contribution in [1.29, 1.82) is 0 Å². The Hall–Kier alpha value is -0.520. The number of hydrogen-bond acceptors (Lipinski definition) is 0. The molecule has 78 valence electrons. The first-order valence-electron chi connectivity index (χ1n) is 6.01. The maximum Gasteiger partial charge on any atom is -0.0137 e. The summed E-state index contributed by atoms with van der Waals surface area (Å²) >= 11 is 0. The second kappa shape index (κ2) is 3.92. The quantitative estimate of drug-likeness (QED) is 0.540. The van der Waals surface area contributed by atoms with Gasteiger partial charge in [0.1, 0.15) is 0 Å². The first kappa shape index (κ1) is 10.0. The van der Waals surface area contributed by atoms with Crippen molar-refractivity contribution in [2.24, 2.45) is 17.8 Å². The molecule has 0 aromatic heterocycles. The highest BCUT2D eigenvalue weighted by molar-refractivity contribution is 5.14. The Morgan fingerprint density at radius 1 is 1.36 bits per heavy atom. The molecule has 1 unspecified atom stereocenters. The summed E-state index contributed by atoms with van der Waals surface area (Å²) in [7, 11) is 0. The molecule has 0 aromatic carbocycles. The van der Waals surface area contributed by atoms with E-state index in [2.05, 4.69) is 26.5 Å². The molecule has 0 N–H and O–H groups in total. The molecule has 1 saturated carbocycles. The molecule has 14 heavy (non-hydrogen) atoms. The molecule has 0 heteroatoms. The Kier molecular flexibility index (Phi) is 2.80. The number of fused-ring (bicyclic) bond motifs is 1. The summed E-state index contributed by atoms with van der Waals surface area (Å²) < 4.78 is 0. The van der Waals surface area contributed by atoms with Gasteiger partial charge in [-0.15, -0.1) is 0 Å². The van der Waals surface area contributed by atoms with Gasteiger partial charge in [-0.25, -0.2) is 0 Å². The minimum absolute atomic E-state index is 0.781. The molecule has 3 atom stereocenters. The Morgan fingerprint density at radius 2 is 2.14 bits per heavy atom. The van der Waals surface area contributed by atoms with Gasteiger partial charge in [0.15, 0.2) is 0 Å². The van der Waals surface area contributed by atoms with Crippen LogP contribution in [0.15, 0.2) is 23.8 Å². The molecular formula is C14H22. The zero-order valence-electron chi connectivity index (χ0n) is 9.55. The number of allylic oxidation sites excluding steroid dienone is 3. The van der Waals surface area contributed by atoms with Crippen molar-refractivity contribution in [3.05, 3.63) is 23.8 Å². The zero-order chi connectivity index (χ0) is 10.1. The average Bonchev–Trinajstić information content (AvgIpc) is 2.16. The Morgan fingerprint density at radius 3 is 2.86 bits per heavy atom. The predicted molar refractivity (Wildman–Crippen MR) is 62.1 cm³/mol. The molecule has 0 aromatic rings. The topological polar surface area (TPSA) is 0 Å². The van der Waals surface area contributed by atoms with Crippen LogP contribution in [0.25, 0.3) is 0 Å². The van der Waals surface area contributed by atoms with Gasteiger partial charge in [-0.1, -0.05) is 30.2 Å². The minimum Gasteiger partial charge on any atom is -0.0998 e. The summed E-state index contributed by atoms with van der Waals surface area (Å²) in [5.41, 5.74) is 3.02. The molecule has 2 aliphatic rings. The van der Waals surface area contributed by atoms with Crippen LogP contribution in [-0.4, -0.2) is 0 Å². The van der Waals surface area contributed by atoms with E-state index in [0.717, 1.165) is 17.8 Å². The average molecular weight is 190 g/mol. The van der Waals surface area contributed by atoms with E-state index in [1.807, 2.05) is 0 Å². The van der Waals surface area contributed by atoms with Crippen molar-refractivity contribution < 1.29 is 0 Å². The van der Waals surface area contributed by atoms with Gasteiger partial charge in [0.05, 0.1) is 0 Å². The van der Waals surface area contributed by atoms with Gasteiger partial charge in [-0.2, -0.15) is 0 Å². The summed E-state index contributed by atoms with van der Waals surface area (Å²) in [5, 5.41) is 0. The fourth-order valence-electron chi connectivity index (χ4n) is 3.30. The van der Waals surface area contributed by atoms with Crippen molar-refractivity contribution >= 4 is 0 Å². The van der Waals surface area contributed by atoms with Gasteiger partial charge in [0, 0.05) is 0 Å². The first-order chi connectivity index (χ1) is 6.68. The fraction of sp³-hybridized carbons (Fsp3) is 0.714. The van der Waals surface area contributed by atoms with Crippen LogP contribution >= 0.6 is 0 Å². The molecule has 0 heterocycles. The molecule has 0 radical (unpaired) electrons. The summed E-state index contributed by atoms with van der Waals surface area (Å²) in [5.74, 6) is 2.58. The summed E-state index contributed by atoms with van der Waals surface area (Å²) in [6.07, 6.45) is 9.57. The Bertz CT molecular complexity index is 259. The van der Waals surface area contributed by atoms with Crippen LogP contribution in [0, 0.1) is 17.8 Å². The van der Waals surface area contributed by atoms with Gasteiger partial charge < -0.3 is 0 Å². The normalized spacial score (nSPS) is 37.3. The molecule has 1 fully saturated rings. The van der Waals surface area contributed by atoms with Gasteiger partial charge in [-0.3, -0.25) is 0 Å². The lowest BCUT2D eigenvalue weighted by atomic mass is 9.65. The summed E-state index contributed by atoms with van der Waals surface area (Å²) in [4.78, 5) is 0. The van der Waals surface area contributed by atoms with Crippen LogP contribution < -0.4 is 0 Å². The Balaban J connectivity index is 2.19. The van der Waals surface area contributed by atoms with E-state index in [1.54, 1.807) is 5.57 Å². The van der Waals surface area contributed by atoms with E-state index in [0.29, 0.717) is 0 Å². The van der Waals surface area contributed by atoms with E-state index >= 15 is 0 Å². The van der Waals surface area contributed by atoms with Gasteiger partial charge in [-0.05, 0) is 57.3 Å². The highest BCUT2D eigenvalue weighted by Crippen LogP contribution is 2.44. The van der Waals surface area contributed by atoms with Crippen molar-refractivity contribution in [2.75, 3.05) is 0 Å². The standard InChI is InChI=1S/C14H22/c1-10(2)13-6-4-5-12-8-7-11(3)9-14(12)13/h9,12-14H,1,4-8H2,2-3H3/t12?,13-,14-/m0/s1. The van der Waals surface area contributed by atoms with E-state index in [4.69, 9.17) is 0 Å². The van der Waals surface area contributed by atoms with Crippen LogP contribution in [-0.2, 0) is 0 Å². The van der Waals surface area contributed by atoms with Crippen LogP contribution in [0.5, 0.6) is 0 Å². The second-order valence-corrected chi connectivity index (χ2v) is 5.27. The summed E-state index contributed by atoms with van der Waals surface area (Å²) in [6.45, 7) is 8.67. The highest BCUT2D eigenvalue weighted by Gasteiger charge is 2.33. The van der Waals surface area contributed by atoms with E-state index in [-0.39, 0.29) is 0 Å². The predicted octanol–water partition coefficient (Wildman–Crippen LogP) is 4.34. The van der Waals surface area contributed by atoms with Gasteiger partial charge >= 0.3 is 0 Å². The monoisotopic (exact) mass is 190 g/mol. The smallest absolute Gasteiger partial charge is 0.0137 e. The SMILES string of the molecule is C=C(C)[C@@H]1CCCC2CCC(C)=C[C@@H]21. The van der Waals surface area contributed by atoms with Crippen LogP contribution in [0.2, 0.25) is 0 Å². The van der Waals surface area contributed by atoms with Crippen LogP contribution in [0.1, 0.15) is 46.0 Å². The molecule has 0 aliphatic heterocycles. The molecule has 0 bridgehead atoms. The lowest BCUT2D eigenvalue weighted by molar-refractivity contribution is 0.199. The van der Waals surface area contributed by atoms with Crippen molar-refractivity contribution in [2.45, 2.75) is 46.0 Å². The molecule has 0 amide bonds. The fourth-order valence-corrected chi connectivity index (χ4v) is 3.30. The minimum atomic E-state index is 0.781. The molecule has 0 saturated heterocycles. The van der Waals surface area contributed by atoms with Crippen molar-refractivity contribution in [3.8, 4) is 0 Å². The van der Waals surface area contributed by atoms with E-state index in [1.165, 1.54) is 37.7 Å². The molecular weight excluding hydrogens is 168 g/mol. The Labute approximate surface area is 88.1 Å². The van der Waals surface area contributed by atoms with Crippen LogP contribution in [0.3, 0.4) is 0 Å². The maximum atomic E-state index is 4.17. The largest absolute Gasteiger partial charge is 0.0998 e. The number of rotatable bonds is 1. The second-order valence-electron chi connectivity index (χ2n) is 5.27. The highest BCUT2D eigenvalue weighted by atomic mass is 14.4. The third kappa shape index (κ3) is 1.80. The molecule has 2 aliphatic carbocycles. The maximum absolute atomic E-state index is 4.17. The molecule has 2 rings (SSSR count). The van der Waals surface area contributed by atoms with Gasteiger partial charge in [0.2, 0.25) is 0 Å². The summed E-state index contributed by atoms with van der Waals surface area (Å²) in [6, 6.07) is 0. The zero-order valence-corrected chi connectivity index (χ0v) is 9.55. The molecule has 0 spiro atoms. The number of hydrogen-bond donors (Lipinski definition) is 0. The van der Waals surface area contributed by atoms with E-state index in [9.17, 15) is 0 Å². The molecule has 0 nitrogen and oxygen atoms in total. The first-order valence-corrected chi connectivity index (χ1v) is 6.01. The van der Waals surface area contributed by atoms with Crippen molar-refractivity contribution in [3.63, 3.8) is 0 Å². The lowest BCUT2D eigenvalue weighted by Gasteiger charge is -2.40.